The first-order chi connectivity index (χ1) is 6.91. The summed E-state index contributed by atoms with van der Waals surface area (Å²) in [6.07, 6.45) is 0. The number of halogens is 2. The number of hydrogen-bond donors (Lipinski definition) is 2. The zero-order valence-electron chi connectivity index (χ0n) is 7.92. The Labute approximate surface area is 84.8 Å². The van der Waals surface area contributed by atoms with Gasteiger partial charge in [-0.2, -0.15) is 0 Å². The maximum absolute atomic E-state index is 12.7. The Morgan fingerprint density at radius 1 is 1.33 bits per heavy atom. The molecule has 0 atom stereocenters. The number of nitrogens with two attached hydrogens (primary N) is 1. The van der Waals surface area contributed by atoms with Gasteiger partial charge in [-0.1, -0.05) is 0 Å². The van der Waals surface area contributed by atoms with Gasteiger partial charge in [0.25, 0.3) is 5.91 Å². The summed E-state index contributed by atoms with van der Waals surface area (Å²) < 4.78 is 25.5. The van der Waals surface area contributed by atoms with E-state index in [0.29, 0.717) is 11.1 Å². The fourth-order valence-corrected chi connectivity index (χ4v) is 0.969. The first-order valence-corrected chi connectivity index (χ1v) is 4.02. The normalized spacial score (nSPS) is 9.87. The highest BCUT2D eigenvalue weighted by atomic mass is 19.1. The number of nitrogens with zero attached hydrogens (tertiary/aromatic N) is 1. The van der Waals surface area contributed by atoms with Crippen molar-refractivity contribution in [3.63, 3.8) is 0 Å². The summed E-state index contributed by atoms with van der Waals surface area (Å²) in [5.41, 5.74) is -0.235. The van der Waals surface area contributed by atoms with Crippen molar-refractivity contribution in [3.05, 3.63) is 35.4 Å². The summed E-state index contributed by atoms with van der Waals surface area (Å²) in [6.45, 7) is 1.29. The van der Waals surface area contributed by atoms with Crippen LogP contribution in [0.4, 0.5) is 8.78 Å². The third-order valence-electron chi connectivity index (χ3n) is 1.69. The molecule has 0 fully saturated rings. The van der Waals surface area contributed by atoms with Gasteiger partial charge >= 0.3 is 0 Å². The lowest BCUT2D eigenvalue weighted by atomic mass is 10.2. The molecule has 15 heavy (non-hydrogen) atoms. The van der Waals surface area contributed by atoms with Gasteiger partial charge in [-0.15, -0.1) is 0 Å². The predicted octanol–water partition coefficient (Wildman–Crippen LogP) is 1.28. The molecule has 0 heterocycles. The third kappa shape index (κ3) is 2.57. The maximum atomic E-state index is 12.7. The molecule has 1 aromatic carbocycles. The average Bonchev–Trinajstić information content (AvgIpc) is 2.13. The Morgan fingerprint density at radius 3 is 2.20 bits per heavy atom. The Hall–Kier alpha value is -1.82. The van der Waals surface area contributed by atoms with Crippen molar-refractivity contribution in [2.45, 2.75) is 6.92 Å². The van der Waals surface area contributed by atoms with E-state index < -0.39 is 17.5 Å². The van der Waals surface area contributed by atoms with E-state index in [-0.39, 0.29) is 11.4 Å². The standard InChI is InChI=1S/C9H9F2N3O/c1-5(12)14(13)9(15)6-2-7(10)4-8(11)3-6/h2-4,12H,13H2,1H3. The quantitative estimate of drug-likeness (QED) is 0.242. The largest absolute Gasteiger partial charge is 0.287 e. The molecule has 0 aliphatic heterocycles. The minimum atomic E-state index is -0.866. The highest BCUT2D eigenvalue weighted by molar-refractivity contribution is 6.04. The van der Waals surface area contributed by atoms with E-state index in [4.69, 9.17) is 11.3 Å². The van der Waals surface area contributed by atoms with Crippen LogP contribution in [0.5, 0.6) is 0 Å². The molecule has 0 aliphatic carbocycles. The monoisotopic (exact) mass is 213 g/mol. The number of hydrogen-bond acceptors (Lipinski definition) is 3. The number of nitrogens with one attached hydrogen (secondary N) is 1. The van der Waals surface area contributed by atoms with Crippen LogP contribution in [0.25, 0.3) is 0 Å². The number of carbonyl (C=O) groups excluding carboxylic acids is 1. The van der Waals surface area contributed by atoms with Gasteiger partial charge < -0.3 is 0 Å². The molecule has 0 radical (unpaired) electrons. The first kappa shape index (κ1) is 11.3. The van der Waals surface area contributed by atoms with E-state index in [1.807, 2.05) is 0 Å². The van der Waals surface area contributed by atoms with E-state index in [0.717, 1.165) is 12.1 Å². The van der Waals surface area contributed by atoms with Gasteiger partial charge in [0.1, 0.15) is 17.5 Å². The lowest BCUT2D eigenvalue weighted by Crippen LogP contribution is -2.40. The molecule has 3 N–H and O–H groups in total. The minimum absolute atomic E-state index is 0.218. The molecule has 0 saturated carbocycles. The molecule has 0 aromatic heterocycles. The average molecular weight is 213 g/mol. The molecule has 1 aromatic rings. The summed E-state index contributed by atoms with van der Waals surface area (Å²) in [5, 5.41) is 7.59. The van der Waals surface area contributed by atoms with Gasteiger partial charge in [-0.05, 0) is 19.1 Å². The van der Waals surface area contributed by atoms with Crippen molar-refractivity contribution in [3.8, 4) is 0 Å². The molecule has 1 amide bonds. The number of rotatable bonds is 1. The lowest BCUT2D eigenvalue weighted by Gasteiger charge is -2.14. The number of hydrazine groups is 1. The van der Waals surface area contributed by atoms with Crippen LogP contribution in [0.3, 0.4) is 0 Å². The Bertz CT molecular complexity index is 400. The third-order valence-corrected chi connectivity index (χ3v) is 1.69. The summed E-state index contributed by atoms with van der Waals surface area (Å²) >= 11 is 0. The van der Waals surface area contributed by atoms with E-state index in [9.17, 15) is 13.6 Å². The summed E-state index contributed by atoms with van der Waals surface area (Å²) in [4.78, 5) is 11.4. The zero-order chi connectivity index (χ0) is 11.6. The number of benzene rings is 1. The SMILES string of the molecule is CC(=N)N(N)C(=O)c1cc(F)cc(F)c1. The maximum Gasteiger partial charge on any atom is 0.273 e. The fraction of sp³-hybridized carbons (Fsp3) is 0.111. The first-order valence-electron chi connectivity index (χ1n) is 4.02. The van der Waals surface area contributed by atoms with Crippen LogP contribution >= 0.6 is 0 Å². The molecular formula is C9H9F2N3O. The second-order valence-electron chi connectivity index (χ2n) is 2.92. The van der Waals surface area contributed by atoms with Crippen molar-refractivity contribution < 1.29 is 13.6 Å². The van der Waals surface area contributed by atoms with Crippen LogP contribution in [-0.2, 0) is 0 Å². The zero-order valence-corrected chi connectivity index (χ0v) is 7.92. The van der Waals surface area contributed by atoms with Crippen LogP contribution in [-0.4, -0.2) is 16.8 Å². The number of amides is 1. The van der Waals surface area contributed by atoms with Crippen LogP contribution in [0.2, 0.25) is 0 Å². The van der Waals surface area contributed by atoms with Crippen molar-refractivity contribution in [1.82, 2.24) is 5.01 Å². The van der Waals surface area contributed by atoms with Crippen molar-refractivity contribution in [2.24, 2.45) is 5.84 Å². The van der Waals surface area contributed by atoms with Gasteiger partial charge in [0.15, 0.2) is 0 Å². The molecular weight excluding hydrogens is 204 g/mol. The molecule has 0 unspecified atom stereocenters. The topological polar surface area (TPSA) is 70.2 Å². The van der Waals surface area contributed by atoms with E-state index in [1.54, 1.807) is 0 Å². The van der Waals surface area contributed by atoms with Crippen LogP contribution in [0, 0.1) is 17.0 Å². The molecule has 0 bridgehead atoms. The van der Waals surface area contributed by atoms with Crippen molar-refractivity contribution in [2.75, 3.05) is 0 Å². The van der Waals surface area contributed by atoms with Crippen LogP contribution in [0.1, 0.15) is 17.3 Å². The fourth-order valence-electron chi connectivity index (χ4n) is 0.969. The second-order valence-corrected chi connectivity index (χ2v) is 2.92. The van der Waals surface area contributed by atoms with E-state index in [2.05, 4.69) is 0 Å². The predicted molar refractivity (Wildman–Crippen MR) is 50.1 cm³/mol. The minimum Gasteiger partial charge on any atom is -0.287 e. The van der Waals surface area contributed by atoms with E-state index >= 15 is 0 Å². The number of carbonyl (C=O) groups is 1. The summed E-state index contributed by atoms with van der Waals surface area (Å²) in [7, 11) is 0. The second kappa shape index (κ2) is 4.14. The molecule has 0 aliphatic rings. The smallest absolute Gasteiger partial charge is 0.273 e. The van der Waals surface area contributed by atoms with E-state index in [1.165, 1.54) is 6.92 Å². The lowest BCUT2D eigenvalue weighted by molar-refractivity contribution is 0.0844. The van der Waals surface area contributed by atoms with Gasteiger partial charge in [0.05, 0.1) is 0 Å². The van der Waals surface area contributed by atoms with Gasteiger partial charge in [0, 0.05) is 11.6 Å². The summed E-state index contributed by atoms with van der Waals surface area (Å²) in [6, 6.07) is 2.36. The van der Waals surface area contributed by atoms with Crippen molar-refractivity contribution in [1.29, 1.82) is 5.41 Å². The van der Waals surface area contributed by atoms with Gasteiger partial charge in [-0.3, -0.25) is 10.2 Å². The highest BCUT2D eigenvalue weighted by Crippen LogP contribution is 2.09. The summed E-state index contributed by atoms with van der Waals surface area (Å²) in [5.74, 6) is 2.42. The Balaban J connectivity index is 3.06. The molecule has 4 nitrogen and oxygen atoms in total. The highest BCUT2D eigenvalue weighted by Gasteiger charge is 2.15. The van der Waals surface area contributed by atoms with Gasteiger partial charge in [-0.25, -0.2) is 19.6 Å². The molecule has 80 valence electrons. The molecule has 6 heteroatoms. The molecule has 1 rings (SSSR count). The number of amidine groups is 1. The van der Waals surface area contributed by atoms with Gasteiger partial charge in [0.2, 0.25) is 0 Å². The Kier molecular flexibility index (Phi) is 3.11. The van der Waals surface area contributed by atoms with Crippen LogP contribution < -0.4 is 5.84 Å². The Morgan fingerprint density at radius 2 is 1.80 bits per heavy atom. The molecule has 0 spiro atoms. The van der Waals surface area contributed by atoms with Crippen molar-refractivity contribution >= 4 is 11.7 Å². The molecule has 0 saturated heterocycles. The van der Waals surface area contributed by atoms with Crippen LogP contribution in [0.15, 0.2) is 18.2 Å².